The van der Waals surface area contributed by atoms with Gasteiger partial charge < -0.3 is 4.74 Å². The van der Waals surface area contributed by atoms with Crippen LogP contribution in [0.1, 0.15) is 18.4 Å². The van der Waals surface area contributed by atoms with Gasteiger partial charge in [-0.25, -0.2) is 4.79 Å². The largest absolute Gasteiger partial charge is 0.445 e. The number of halogens is 4. The van der Waals surface area contributed by atoms with Crippen LogP contribution < -0.4 is 5.32 Å². The fourth-order valence-electron chi connectivity index (χ4n) is 2.05. The second-order valence-electron chi connectivity index (χ2n) is 4.93. The second-order valence-corrected chi connectivity index (χ2v) is 5.36. The Morgan fingerprint density at radius 3 is 2.71 bits per heavy atom. The van der Waals surface area contributed by atoms with Crippen molar-refractivity contribution in [3.8, 4) is 11.8 Å². The van der Waals surface area contributed by atoms with Crippen molar-refractivity contribution >= 4 is 23.4 Å². The first kappa shape index (κ1) is 14.1. The molecule has 1 heterocycles. The standard InChI is InChI=1S/C14H9ClF3NO2/c15-9-3-4-11-10(7-9)13(14(16,17)18,21-12(20)19-11)6-5-8-1-2-8/h3-4,7-8H,1-2H2,(H,19,20)/t13-/m1/s1. The number of amides is 1. The Hall–Kier alpha value is -1.87. The SMILES string of the molecule is O=C1Nc2ccc(Cl)cc2[C@](C#CC2CC2)(C(F)(F)F)O1. The van der Waals surface area contributed by atoms with Crippen molar-refractivity contribution in [2.24, 2.45) is 5.92 Å². The average molecular weight is 316 g/mol. The fraction of sp³-hybridized carbons (Fsp3) is 0.357. The van der Waals surface area contributed by atoms with Gasteiger partial charge >= 0.3 is 12.3 Å². The van der Waals surface area contributed by atoms with Gasteiger partial charge in [0, 0.05) is 16.5 Å². The molecule has 7 heteroatoms. The van der Waals surface area contributed by atoms with E-state index in [0.717, 1.165) is 18.9 Å². The maximum absolute atomic E-state index is 13.6. The summed E-state index contributed by atoms with van der Waals surface area (Å²) in [5.74, 6) is 4.60. The van der Waals surface area contributed by atoms with E-state index in [4.69, 9.17) is 11.6 Å². The van der Waals surface area contributed by atoms with Gasteiger partial charge in [0.1, 0.15) is 0 Å². The molecule has 1 N–H and O–H groups in total. The van der Waals surface area contributed by atoms with Gasteiger partial charge in [-0.3, -0.25) is 5.32 Å². The number of nitrogens with one attached hydrogen (secondary N) is 1. The van der Waals surface area contributed by atoms with Crippen LogP contribution in [0.25, 0.3) is 0 Å². The number of alkyl halides is 3. The number of anilines is 1. The van der Waals surface area contributed by atoms with Crippen molar-refractivity contribution in [2.75, 3.05) is 5.32 Å². The molecule has 1 saturated carbocycles. The number of fused-ring (bicyclic) bond motifs is 1. The Kier molecular flexibility index (Phi) is 3.06. The molecule has 0 unspecified atom stereocenters. The van der Waals surface area contributed by atoms with Crippen molar-refractivity contribution in [1.29, 1.82) is 0 Å². The molecule has 1 fully saturated rings. The summed E-state index contributed by atoms with van der Waals surface area (Å²) in [6, 6.07) is 3.81. The maximum atomic E-state index is 13.6. The molecular formula is C14H9ClF3NO2. The lowest BCUT2D eigenvalue weighted by atomic mass is 9.90. The Labute approximate surface area is 123 Å². The predicted octanol–water partition coefficient (Wildman–Crippen LogP) is 4.07. The predicted molar refractivity (Wildman–Crippen MR) is 69.8 cm³/mol. The van der Waals surface area contributed by atoms with Gasteiger partial charge in [0.25, 0.3) is 5.60 Å². The number of cyclic esters (lactones) is 1. The fourth-order valence-corrected chi connectivity index (χ4v) is 2.22. The summed E-state index contributed by atoms with van der Waals surface area (Å²) in [4.78, 5) is 11.5. The third-order valence-electron chi connectivity index (χ3n) is 3.27. The Morgan fingerprint density at radius 2 is 2.10 bits per heavy atom. The van der Waals surface area contributed by atoms with Crippen molar-refractivity contribution in [1.82, 2.24) is 0 Å². The molecule has 110 valence electrons. The summed E-state index contributed by atoms with van der Waals surface area (Å²) in [6.45, 7) is 0. The Morgan fingerprint density at radius 1 is 1.38 bits per heavy atom. The van der Waals surface area contributed by atoms with Crippen LogP contribution in [0.15, 0.2) is 18.2 Å². The first-order valence-corrected chi connectivity index (χ1v) is 6.59. The van der Waals surface area contributed by atoms with Gasteiger partial charge in [-0.05, 0) is 37.0 Å². The van der Waals surface area contributed by atoms with Crippen molar-refractivity contribution < 1.29 is 22.7 Å². The highest BCUT2D eigenvalue weighted by molar-refractivity contribution is 6.30. The van der Waals surface area contributed by atoms with E-state index in [9.17, 15) is 18.0 Å². The quantitative estimate of drug-likeness (QED) is 0.733. The van der Waals surface area contributed by atoms with Crippen LogP contribution in [0.5, 0.6) is 0 Å². The van der Waals surface area contributed by atoms with E-state index < -0.39 is 17.9 Å². The van der Waals surface area contributed by atoms with E-state index in [2.05, 4.69) is 21.9 Å². The van der Waals surface area contributed by atoms with Crippen LogP contribution in [-0.2, 0) is 10.3 Å². The zero-order chi connectivity index (χ0) is 15.3. The Bertz CT molecular complexity index is 673. The number of carbonyl (C=O) groups is 1. The number of carbonyl (C=O) groups excluding carboxylic acids is 1. The molecule has 0 saturated heterocycles. The summed E-state index contributed by atoms with van der Waals surface area (Å²) < 4.78 is 45.4. The van der Waals surface area contributed by atoms with Crippen LogP contribution in [0.4, 0.5) is 23.7 Å². The molecular weight excluding hydrogens is 307 g/mol. The molecule has 3 rings (SSSR count). The summed E-state index contributed by atoms with van der Waals surface area (Å²) >= 11 is 5.78. The molecule has 0 bridgehead atoms. The molecule has 0 aromatic heterocycles. The molecule has 21 heavy (non-hydrogen) atoms. The number of benzene rings is 1. The van der Waals surface area contributed by atoms with Gasteiger partial charge in [0.15, 0.2) is 0 Å². The second kappa shape index (κ2) is 4.57. The van der Waals surface area contributed by atoms with Gasteiger partial charge in [0.05, 0.1) is 5.69 Å². The van der Waals surface area contributed by atoms with Gasteiger partial charge in [-0.2, -0.15) is 13.2 Å². The Balaban J connectivity index is 2.22. The third-order valence-corrected chi connectivity index (χ3v) is 3.51. The highest BCUT2D eigenvalue weighted by Crippen LogP contribution is 2.48. The van der Waals surface area contributed by atoms with Gasteiger partial charge in [0.2, 0.25) is 0 Å². The maximum Gasteiger partial charge on any atom is 0.445 e. The minimum absolute atomic E-state index is 0.00179. The third kappa shape index (κ3) is 2.42. The molecule has 0 spiro atoms. The zero-order valence-electron chi connectivity index (χ0n) is 10.6. The highest BCUT2D eigenvalue weighted by Gasteiger charge is 2.62. The van der Waals surface area contributed by atoms with Gasteiger partial charge in [-0.1, -0.05) is 17.5 Å². The molecule has 1 aromatic rings. The first-order chi connectivity index (χ1) is 9.82. The van der Waals surface area contributed by atoms with E-state index in [1.807, 2.05) is 0 Å². The van der Waals surface area contributed by atoms with Crippen molar-refractivity contribution in [3.63, 3.8) is 0 Å². The van der Waals surface area contributed by atoms with Crippen LogP contribution >= 0.6 is 11.6 Å². The van der Waals surface area contributed by atoms with Crippen molar-refractivity contribution in [3.05, 3.63) is 28.8 Å². The summed E-state index contributed by atoms with van der Waals surface area (Å²) in [6.07, 6.45) is -4.54. The molecule has 3 nitrogen and oxygen atoms in total. The molecule has 1 amide bonds. The highest BCUT2D eigenvalue weighted by atomic mass is 35.5. The van der Waals surface area contributed by atoms with E-state index in [0.29, 0.717) is 0 Å². The van der Waals surface area contributed by atoms with E-state index in [1.54, 1.807) is 0 Å². The molecule has 1 aromatic carbocycles. The summed E-state index contributed by atoms with van der Waals surface area (Å²) in [5, 5.41) is 2.34. The van der Waals surface area contributed by atoms with Crippen LogP contribution in [0, 0.1) is 17.8 Å². The van der Waals surface area contributed by atoms with Crippen molar-refractivity contribution in [2.45, 2.75) is 24.6 Å². The molecule has 1 atom stereocenters. The average Bonchev–Trinajstić information content (AvgIpc) is 3.19. The lowest BCUT2D eigenvalue weighted by Crippen LogP contribution is -2.49. The van der Waals surface area contributed by atoms with E-state index in [1.165, 1.54) is 12.1 Å². The monoisotopic (exact) mass is 315 g/mol. The molecule has 0 radical (unpaired) electrons. The van der Waals surface area contributed by atoms with Crippen LogP contribution in [-0.4, -0.2) is 12.3 Å². The van der Waals surface area contributed by atoms with E-state index >= 15 is 0 Å². The topological polar surface area (TPSA) is 38.3 Å². The summed E-state index contributed by atoms with van der Waals surface area (Å²) in [7, 11) is 0. The first-order valence-electron chi connectivity index (χ1n) is 6.21. The minimum Gasteiger partial charge on any atom is -0.415 e. The smallest absolute Gasteiger partial charge is 0.415 e. The van der Waals surface area contributed by atoms with E-state index in [-0.39, 0.29) is 22.2 Å². The number of hydrogen-bond donors (Lipinski definition) is 1. The van der Waals surface area contributed by atoms with Crippen LogP contribution in [0.2, 0.25) is 5.02 Å². The van der Waals surface area contributed by atoms with Crippen LogP contribution in [0.3, 0.4) is 0 Å². The number of hydrogen-bond acceptors (Lipinski definition) is 2. The van der Waals surface area contributed by atoms with Gasteiger partial charge in [-0.15, -0.1) is 0 Å². The summed E-state index contributed by atoms with van der Waals surface area (Å²) in [5.41, 5.74) is -3.27. The minimum atomic E-state index is -4.87. The molecule has 2 aliphatic rings. The lowest BCUT2D eigenvalue weighted by molar-refractivity contribution is -0.239. The lowest BCUT2D eigenvalue weighted by Gasteiger charge is -2.35. The number of rotatable bonds is 0. The number of ether oxygens (including phenoxy) is 1. The molecule has 1 aliphatic heterocycles. The molecule has 1 aliphatic carbocycles. The zero-order valence-corrected chi connectivity index (χ0v) is 11.3. The normalized spacial score (nSPS) is 24.3.